The summed E-state index contributed by atoms with van der Waals surface area (Å²) in [5.41, 5.74) is -0.462. The smallest absolute Gasteiger partial charge is 0.414 e. The van der Waals surface area contributed by atoms with Gasteiger partial charge in [-0.15, -0.1) is 0 Å². The summed E-state index contributed by atoms with van der Waals surface area (Å²) in [6.45, 7) is 10.7. The van der Waals surface area contributed by atoms with E-state index in [1.807, 2.05) is 18.2 Å². The molecular weight excluding hydrogens is 529 g/mol. The van der Waals surface area contributed by atoms with Crippen molar-refractivity contribution in [2.75, 3.05) is 0 Å². The summed E-state index contributed by atoms with van der Waals surface area (Å²) < 4.78 is 12.3. The Morgan fingerprint density at radius 3 is 1.96 bits per heavy atom. The molecule has 1 rings (SSSR count). The summed E-state index contributed by atoms with van der Waals surface area (Å²) in [6, 6.07) is 5.82. The number of hydrogen-bond donors (Lipinski definition) is 2. The van der Waals surface area contributed by atoms with Crippen LogP contribution in [0.5, 0.6) is 0 Å². The molecule has 1 aromatic carbocycles. The van der Waals surface area contributed by atoms with Gasteiger partial charge in [-0.05, 0) is 87.9 Å². The summed E-state index contributed by atoms with van der Waals surface area (Å²) in [5, 5.41) is 4.91. The van der Waals surface area contributed by atoms with Crippen LogP contribution in [0.4, 0.5) is 9.59 Å². The summed E-state index contributed by atoms with van der Waals surface area (Å²) in [4.78, 5) is 28.4. The van der Waals surface area contributed by atoms with Crippen LogP contribution in [0.2, 0.25) is 0 Å². The molecule has 2 amide bonds. The maximum Gasteiger partial charge on any atom is 0.414 e. The molecule has 0 saturated carbocycles. The maximum absolute atomic E-state index is 12.1. The molecule has 0 unspecified atom stereocenters. The lowest BCUT2D eigenvalue weighted by Crippen LogP contribution is -2.47. The van der Waals surface area contributed by atoms with E-state index in [4.69, 9.17) is 9.47 Å². The molecule has 2 N–H and O–H groups in total. The molecule has 150 valence electrons. The average molecular weight is 554 g/mol. The Labute approximate surface area is 181 Å². The van der Waals surface area contributed by atoms with Crippen LogP contribution in [0, 0.1) is 3.57 Å². The van der Waals surface area contributed by atoms with Crippen molar-refractivity contribution in [2.45, 2.75) is 59.3 Å². The molecule has 0 spiro atoms. The van der Waals surface area contributed by atoms with Crippen LogP contribution in [-0.4, -0.2) is 29.3 Å². The minimum Gasteiger partial charge on any atom is -0.444 e. The number of benzene rings is 1. The third-order valence-electron chi connectivity index (χ3n) is 2.65. The first kappa shape index (κ1) is 23.7. The lowest BCUT2D eigenvalue weighted by Gasteiger charge is -2.22. The highest BCUT2D eigenvalue weighted by Crippen LogP contribution is 2.20. The molecule has 0 heterocycles. The van der Waals surface area contributed by atoms with E-state index in [0.29, 0.717) is 0 Å². The van der Waals surface area contributed by atoms with Crippen molar-refractivity contribution in [1.82, 2.24) is 10.6 Å². The average Bonchev–Trinajstić information content (AvgIpc) is 2.43. The van der Waals surface area contributed by atoms with Gasteiger partial charge in [-0.1, -0.05) is 15.9 Å². The first-order chi connectivity index (χ1) is 12.2. The fourth-order valence-electron chi connectivity index (χ4n) is 1.74. The number of hydrogen-bond acceptors (Lipinski definition) is 5. The van der Waals surface area contributed by atoms with E-state index >= 15 is 0 Å². The van der Waals surface area contributed by atoms with Crippen molar-refractivity contribution in [3.63, 3.8) is 0 Å². The number of carbonyl (C=O) groups excluding carboxylic acids is 2. The number of carbonyl (C=O) groups is 2. The number of rotatable bonds is 2. The second kappa shape index (κ2) is 9.72. The van der Waals surface area contributed by atoms with E-state index in [2.05, 4.69) is 54.1 Å². The zero-order valence-electron chi connectivity index (χ0n) is 16.3. The highest BCUT2D eigenvalue weighted by atomic mass is 127. The van der Waals surface area contributed by atoms with Gasteiger partial charge in [0.15, 0.2) is 0 Å². The third kappa shape index (κ3) is 10.5. The Morgan fingerprint density at radius 2 is 1.52 bits per heavy atom. The van der Waals surface area contributed by atoms with E-state index in [1.165, 1.54) is 0 Å². The van der Waals surface area contributed by atoms with Crippen LogP contribution >= 0.6 is 38.5 Å². The van der Waals surface area contributed by atoms with Crippen LogP contribution in [0.1, 0.15) is 47.1 Å². The minimum atomic E-state index is -0.723. The SMILES string of the molecule is CC(C)(C)OC(=O)NC(=NCc1cc(I)ccc1Br)NC(=O)OC(C)(C)C. The van der Waals surface area contributed by atoms with Gasteiger partial charge in [0.1, 0.15) is 11.2 Å². The van der Waals surface area contributed by atoms with E-state index in [-0.39, 0.29) is 12.5 Å². The fourth-order valence-corrected chi connectivity index (χ4v) is 2.67. The molecule has 0 aliphatic heterocycles. The Morgan fingerprint density at radius 1 is 1.04 bits per heavy atom. The van der Waals surface area contributed by atoms with E-state index < -0.39 is 23.4 Å². The lowest BCUT2D eigenvalue weighted by molar-refractivity contribution is 0.0545. The van der Waals surface area contributed by atoms with Gasteiger partial charge >= 0.3 is 12.2 Å². The van der Waals surface area contributed by atoms with E-state index in [1.54, 1.807) is 41.5 Å². The number of nitrogens with zero attached hydrogens (tertiary/aromatic N) is 1. The highest BCUT2D eigenvalue weighted by Gasteiger charge is 2.21. The van der Waals surface area contributed by atoms with Crippen molar-refractivity contribution < 1.29 is 19.1 Å². The molecule has 0 radical (unpaired) electrons. The summed E-state index contributed by atoms with van der Waals surface area (Å²) in [5.74, 6) is -0.0516. The van der Waals surface area contributed by atoms with Crippen LogP contribution in [0.25, 0.3) is 0 Å². The van der Waals surface area contributed by atoms with Gasteiger partial charge in [0.2, 0.25) is 5.96 Å². The van der Waals surface area contributed by atoms with Gasteiger partial charge < -0.3 is 9.47 Å². The lowest BCUT2D eigenvalue weighted by atomic mass is 10.2. The maximum atomic E-state index is 12.1. The molecule has 0 fully saturated rings. The topological polar surface area (TPSA) is 89.0 Å². The molecule has 0 bridgehead atoms. The quantitative estimate of drug-likeness (QED) is 0.308. The largest absolute Gasteiger partial charge is 0.444 e. The van der Waals surface area contributed by atoms with Crippen molar-refractivity contribution in [1.29, 1.82) is 0 Å². The number of alkyl carbamates (subject to hydrolysis) is 2. The van der Waals surface area contributed by atoms with Crippen molar-refractivity contribution >= 4 is 56.7 Å². The van der Waals surface area contributed by atoms with E-state index in [0.717, 1.165) is 13.6 Å². The van der Waals surface area contributed by atoms with Crippen molar-refractivity contribution in [3.05, 3.63) is 31.8 Å². The highest BCUT2D eigenvalue weighted by molar-refractivity contribution is 14.1. The van der Waals surface area contributed by atoms with Gasteiger partial charge in [0, 0.05) is 8.04 Å². The van der Waals surface area contributed by atoms with Gasteiger partial charge in [0.05, 0.1) is 6.54 Å². The first-order valence-electron chi connectivity index (χ1n) is 8.23. The van der Waals surface area contributed by atoms with Gasteiger partial charge in [-0.3, -0.25) is 10.6 Å². The summed E-state index contributed by atoms with van der Waals surface area (Å²) in [6.07, 6.45) is -1.45. The van der Waals surface area contributed by atoms with Gasteiger partial charge in [0.25, 0.3) is 0 Å². The number of ether oxygens (including phenoxy) is 2. The van der Waals surface area contributed by atoms with Gasteiger partial charge in [-0.2, -0.15) is 0 Å². The fraction of sp³-hybridized carbons (Fsp3) is 0.500. The normalized spacial score (nSPS) is 11.4. The predicted octanol–water partition coefficient (Wildman–Crippen LogP) is 4.96. The van der Waals surface area contributed by atoms with Crippen molar-refractivity contribution in [3.8, 4) is 0 Å². The number of nitrogens with one attached hydrogen (secondary N) is 2. The molecule has 0 aliphatic rings. The standard InChI is InChI=1S/C18H25BrIN3O4/c1-17(2,3)26-15(24)22-14(23-16(25)27-18(4,5)6)21-10-11-9-12(20)7-8-13(11)19/h7-9H,10H2,1-6H3,(H2,21,22,23,24,25). The second-order valence-corrected chi connectivity index (χ2v) is 9.75. The molecule has 9 heteroatoms. The zero-order chi connectivity index (χ0) is 20.8. The molecule has 0 aromatic heterocycles. The van der Waals surface area contributed by atoms with Crippen LogP contribution in [0.15, 0.2) is 27.7 Å². The number of halogens is 2. The predicted molar refractivity (Wildman–Crippen MR) is 117 cm³/mol. The first-order valence-corrected chi connectivity index (χ1v) is 10.1. The number of guanidine groups is 1. The summed E-state index contributed by atoms with van der Waals surface area (Å²) in [7, 11) is 0. The second-order valence-electron chi connectivity index (χ2n) is 7.65. The summed E-state index contributed by atoms with van der Waals surface area (Å²) >= 11 is 5.66. The number of aliphatic imine (C=N–C) groups is 1. The third-order valence-corrected chi connectivity index (χ3v) is 4.10. The molecule has 0 saturated heterocycles. The molecule has 7 nitrogen and oxygen atoms in total. The van der Waals surface area contributed by atoms with Gasteiger partial charge in [-0.25, -0.2) is 14.6 Å². The Hall–Kier alpha value is -1.36. The molecule has 0 atom stereocenters. The Bertz CT molecular complexity index is 692. The van der Waals surface area contributed by atoms with Crippen LogP contribution in [-0.2, 0) is 16.0 Å². The van der Waals surface area contributed by atoms with Crippen LogP contribution in [0.3, 0.4) is 0 Å². The molecule has 0 aliphatic carbocycles. The number of amides is 2. The van der Waals surface area contributed by atoms with Crippen molar-refractivity contribution in [2.24, 2.45) is 4.99 Å². The molecule has 27 heavy (non-hydrogen) atoms. The zero-order valence-corrected chi connectivity index (χ0v) is 20.0. The Kier molecular flexibility index (Phi) is 8.52. The molecular formula is C18H25BrIN3O4. The molecule has 1 aromatic rings. The van der Waals surface area contributed by atoms with Crippen LogP contribution < -0.4 is 10.6 Å². The minimum absolute atomic E-state index is 0.0516. The Balaban J connectivity index is 2.96. The monoisotopic (exact) mass is 553 g/mol. The van der Waals surface area contributed by atoms with E-state index in [9.17, 15) is 9.59 Å².